The minimum Gasteiger partial charge on any atom is -0.380 e. The molecular formula is C31H35N5O2. The van der Waals surface area contributed by atoms with Gasteiger partial charge in [0.15, 0.2) is 0 Å². The predicted octanol–water partition coefficient (Wildman–Crippen LogP) is 6.68. The second-order valence-electron chi connectivity index (χ2n) is 10.0. The Morgan fingerprint density at radius 3 is 2.55 bits per heavy atom. The molecule has 7 heteroatoms. The smallest absolute Gasteiger partial charge is 0.320 e. The van der Waals surface area contributed by atoms with Crippen LogP contribution >= 0.6 is 0 Å². The molecule has 0 atom stereocenters. The van der Waals surface area contributed by atoms with Crippen LogP contribution in [0, 0.1) is 13.8 Å². The predicted molar refractivity (Wildman–Crippen MR) is 150 cm³/mol. The first-order valence-corrected chi connectivity index (χ1v) is 13.3. The van der Waals surface area contributed by atoms with E-state index in [4.69, 9.17) is 9.84 Å². The van der Waals surface area contributed by atoms with Gasteiger partial charge in [-0.3, -0.25) is 10.3 Å². The zero-order valence-corrected chi connectivity index (χ0v) is 22.3. The fourth-order valence-electron chi connectivity index (χ4n) is 5.31. The van der Waals surface area contributed by atoms with Gasteiger partial charge in [-0.05, 0) is 73.6 Å². The number of urea groups is 1. The molecule has 1 saturated carbocycles. The molecule has 1 aliphatic rings. The average molecular weight is 510 g/mol. The number of rotatable bonds is 8. The lowest BCUT2D eigenvalue weighted by Gasteiger charge is -2.18. The highest BCUT2D eigenvalue weighted by Crippen LogP contribution is 2.36. The Kier molecular flexibility index (Phi) is 7.84. The molecular weight excluding hydrogens is 474 g/mol. The van der Waals surface area contributed by atoms with Gasteiger partial charge in [-0.1, -0.05) is 49.2 Å². The van der Waals surface area contributed by atoms with E-state index < -0.39 is 0 Å². The van der Waals surface area contributed by atoms with Crippen LogP contribution in [0.4, 0.5) is 10.6 Å². The van der Waals surface area contributed by atoms with E-state index >= 15 is 0 Å². The summed E-state index contributed by atoms with van der Waals surface area (Å²) in [6, 6.07) is 20.1. The van der Waals surface area contributed by atoms with E-state index in [2.05, 4.69) is 33.8 Å². The molecule has 2 amide bonds. The van der Waals surface area contributed by atoms with E-state index in [0.29, 0.717) is 24.9 Å². The topological polar surface area (TPSA) is 81.1 Å². The Morgan fingerprint density at radius 1 is 1.05 bits per heavy atom. The van der Waals surface area contributed by atoms with Crippen LogP contribution in [0.3, 0.4) is 0 Å². The summed E-state index contributed by atoms with van der Waals surface area (Å²) in [4.78, 5) is 17.7. The molecule has 0 saturated heterocycles. The van der Waals surface area contributed by atoms with Gasteiger partial charge in [0, 0.05) is 36.7 Å². The van der Waals surface area contributed by atoms with Crippen LogP contribution in [0.25, 0.3) is 16.9 Å². The van der Waals surface area contributed by atoms with Gasteiger partial charge in [0.05, 0.1) is 18.0 Å². The molecule has 0 aliphatic heterocycles. The first-order chi connectivity index (χ1) is 18.5. The van der Waals surface area contributed by atoms with Crippen molar-refractivity contribution >= 4 is 11.8 Å². The van der Waals surface area contributed by atoms with E-state index in [1.807, 2.05) is 62.5 Å². The Bertz CT molecular complexity index is 1390. The molecule has 7 nitrogen and oxygen atoms in total. The molecule has 1 fully saturated rings. The van der Waals surface area contributed by atoms with Crippen molar-refractivity contribution in [3.8, 4) is 16.9 Å². The summed E-state index contributed by atoms with van der Waals surface area (Å²) in [7, 11) is 1.70. The fourth-order valence-corrected chi connectivity index (χ4v) is 5.31. The van der Waals surface area contributed by atoms with Crippen molar-refractivity contribution in [1.82, 2.24) is 20.1 Å². The van der Waals surface area contributed by atoms with Crippen LogP contribution in [-0.2, 0) is 17.9 Å². The van der Waals surface area contributed by atoms with Crippen molar-refractivity contribution in [3.63, 3.8) is 0 Å². The number of aromatic nitrogens is 3. The van der Waals surface area contributed by atoms with Gasteiger partial charge in [0.25, 0.3) is 0 Å². The van der Waals surface area contributed by atoms with Crippen LogP contribution < -0.4 is 10.6 Å². The second-order valence-corrected chi connectivity index (χ2v) is 10.0. The van der Waals surface area contributed by atoms with Crippen molar-refractivity contribution in [2.24, 2.45) is 0 Å². The number of nitrogens with zero attached hydrogens (tertiary/aromatic N) is 3. The lowest BCUT2D eigenvalue weighted by atomic mass is 9.91. The lowest BCUT2D eigenvalue weighted by Crippen LogP contribution is -2.30. The number of hydrogen-bond acceptors (Lipinski definition) is 4. The number of para-hydroxylation sites is 1. The number of anilines is 1. The molecule has 196 valence electrons. The van der Waals surface area contributed by atoms with E-state index in [1.54, 1.807) is 11.8 Å². The molecule has 0 unspecified atom stereocenters. The van der Waals surface area contributed by atoms with Gasteiger partial charge in [-0.15, -0.1) is 0 Å². The minimum absolute atomic E-state index is 0.270. The van der Waals surface area contributed by atoms with Crippen molar-refractivity contribution in [2.45, 2.75) is 58.6 Å². The molecule has 38 heavy (non-hydrogen) atoms. The van der Waals surface area contributed by atoms with Crippen LogP contribution in [0.1, 0.15) is 59.5 Å². The van der Waals surface area contributed by atoms with Gasteiger partial charge in [-0.25, -0.2) is 9.48 Å². The number of ether oxygens (including phenoxy) is 1. The number of nitrogens with one attached hydrogen (secondary N) is 2. The number of aryl methyl sites for hydroxylation is 1. The quantitative estimate of drug-likeness (QED) is 0.278. The first-order valence-electron chi connectivity index (χ1n) is 13.3. The van der Waals surface area contributed by atoms with Crippen LogP contribution in [0.5, 0.6) is 0 Å². The summed E-state index contributed by atoms with van der Waals surface area (Å²) < 4.78 is 7.14. The summed E-state index contributed by atoms with van der Waals surface area (Å²) in [5, 5.41) is 11.1. The first kappa shape index (κ1) is 25.7. The summed E-state index contributed by atoms with van der Waals surface area (Å²) in [5.74, 6) is 1.19. The van der Waals surface area contributed by atoms with Gasteiger partial charge >= 0.3 is 6.03 Å². The fraction of sp³-hybridized carbons (Fsp3) is 0.323. The summed E-state index contributed by atoms with van der Waals surface area (Å²) in [5.41, 5.74) is 7.98. The number of methoxy groups -OCH3 is 1. The van der Waals surface area contributed by atoms with Gasteiger partial charge in [0.2, 0.25) is 0 Å². The van der Waals surface area contributed by atoms with Crippen molar-refractivity contribution in [3.05, 3.63) is 94.8 Å². The minimum atomic E-state index is -0.270. The van der Waals surface area contributed by atoms with Crippen LogP contribution in [-0.4, -0.2) is 27.9 Å². The third kappa shape index (κ3) is 5.63. The number of benzene rings is 2. The molecule has 0 radical (unpaired) electrons. The highest BCUT2D eigenvalue weighted by atomic mass is 16.5. The van der Waals surface area contributed by atoms with Gasteiger partial charge in [-0.2, -0.15) is 5.10 Å². The third-order valence-corrected chi connectivity index (χ3v) is 7.29. The maximum absolute atomic E-state index is 13.3. The van der Waals surface area contributed by atoms with Gasteiger partial charge < -0.3 is 10.1 Å². The average Bonchev–Trinajstić information content (AvgIpc) is 3.58. The summed E-state index contributed by atoms with van der Waals surface area (Å²) in [6.07, 6.45) is 6.75. The largest absolute Gasteiger partial charge is 0.380 e. The zero-order valence-electron chi connectivity index (χ0n) is 22.3. The van der Waals surface area contributed by atoms with Crippen molar-refractivity contribution in [2.75, 3.05) is 12.4 Å². The Balaban J connectivity index is 1.40. The molecule has 2 aromatic heterocycles. The normalized spacial score (nSPS) is 13.6. The molecule has 5 rings (SSSR count). The van der Waals surface area contributed by atoms with Crippen LogP contribution in [0.15, 0.2) is 66.9 Å². The Hall–Kier alpha value is -3.97. The second kappa shape index (κ2) is 11.6. The molecule has 0 spiro atoms. The van der Waals surface area contributed by atoms with E-state index in [1.165, 1.54) is 31.2 Å². The standard InChI is InChI=1S/C31H35N5O2/c1-21-13-15-25(18-32-21)29-22(2)30(36(35-29)27-11-5-4-6-12-27)34-31(37)33-19-26-17-23(20-38-3)14-16-28(26)24-9-7-8-10-24/h4-6,11-18,24H,7-10,19-20H2,1-3H3,(H2,33,34,37). The van der Waals surface area contributed by atoms with E-state index in [9.17, 15) is 4.79 Å². The Morgan fingerprint density at radius 2 is 1.84 bits per heavy atom. The maximum Gasteiger partial charge on any atom is 0.320 e. The number of amides is 2. The lowest BCUT2D eigenvalue weighted by molar-refractivity contribution is 0.185. The van der Waals surface area contributed by atoms with E-state index in [0.717, 1.165) is 39.3 Å². The highest BCUT2D eigenvalue weighted by Gasteiger charge is 2.22. The van der Waals surface area contributed by atoms with Crippen molar-refractivity contribution < 1.29 is 9.53 Å². The van der Waals surface area contributed by atoms with Crippen LogP contribution in [0.2, 0.25) is 0 Å². The zero-order chi connectivity index (χ0) is 26.5. The third-order valence-electron chi connectivity index (χ3n) is 7.29. The molecule has 2 N–H and O–H groups in total. The van der Waals surface area contributed by atoms with E-state index in [-0.39, 0.29) is 6.03 Å². The van der Waals surface area contributed by atoms with Crippen molar-refractivity contribution in [1.29, 1.82) is 0 Å². The monoisotopic (exact) mass is 509 g/mol. The maximum atomic E-state index is 13.3. The molecule has 0 bridgehead atoms. The molecule has 2 aromatic carbocycles. The SMILES string of the molecule is COCc1ccc(C2CCCC2)c(CNC(=O)Nc2c(C)c(-c3ccc(C)nc3)nn2-c2ccccc2)c1. The van der Waals surface area contributed by atoms with Gasteiger partial charge in [0.1, 0.15) is 5.82 Å². The summed E-state index contributed by atoms with van der Waals surface area (Å²) >= 11 is 0. The molecule has 1 aliphatic carbocycles. The molecule has 2 heterocycles. The number of carbonyl (C=O) groups excluding carboxylic acids is 1. The highest BCUT2D eigenvalue weighted by molar-refractivity contribution is 5.90. The number of pyridine rings is 1. The Labute approximate surface area is 224 Å². The number of hydrogen-bond donors (Lipinski definition) is 2. The summed E-state index contributed by atoms with van der Waals surface area (Å²) in [6.45, 7) is 4.93. The molecule has 4 aromatic rings. The number of carbonyl (C=O) groups is 1.